The minimum absolute atomic E-state index is 0.265. The maximum Gasteiger partial charge on any atom is 0.261 e. The van der Waals surface area contributed by atoms with Gasteiger partial charge in [0.25, 0.3) is 11.8 Å². The maximum atomic E-state index is 12.2. The zero-order valence-corrected chi connectivity index (χ0v) is 14.1. The van der Waals surface area contributed by atoms with Gasteiger partial charge in [0.05, 0.1) is 0 Å². The molecule has 0 aliphatic carbocycles. The van der Waals surface area contributed by atoms with Crippen LogP contribution in [0.3, 0.4) is 0 Å². The Balaban J connectivity index is 0.00000127. The predicted octanol–water partition coefficient (Wildman–Crippen LogP) is 3.33. The molecule has 0 N–H and O–H groups in total. The van der Waals surface area contributed by atoms with Crippen LogP contribution in [0.15, 0.2) is 47.6 Å². The molecule has 1 heterocycles. The van der Waals surface area contributed by atoms with Gasteiger partial charge in [-0.15, -0.1) is 0 Å². The Bertz CT molecular complexity index is 626. The summed E-state index contributed by atoms with van der Waals surface area (Å²) in [6.07, 6.45) is 4.59. The summed E-state index contributed by atoms with van der Waals surface area (Å²) in [6.45, 7) is 7.77. The van der Waals surface area contributed by atoms with Gasteiger partial charge in [0.2, 0.25) is 0 Å². The van der Waals surface area contributed by atoms with E-state index in [0.717, 1.165) is 11.8 Å². The van der Waals surface area contributed by atoms with Crippen LogP contribution >= 0.6 is 0 Å². The van der Waals surface area contributed by atoms with Gasteiger partial charge in [0.1, 0.15) is 6.29 Å². The van der Waals surface area contributed by atoms with Crippen LogP contribution in [-0.4, -0.2) is 29.5 Å². The first-order valence-electron chi connectivity index (χ1n) is 7.86. The zero-order chi connectivity index (χ0) is 17.4. The summed E-state index contributed by atoms with van der Waals surface area (Å²) in [4.78, 5) is 36.7. The lowest BCUT2D eigenvalue weighted by molar-refractivity contribution is -0.136. The van der Waals surface area contributed by atoms with E-state index in [-0.39, 0.29) is 18.4 Å². The van der Waals surface area contributed by atoms with Gasteiger partial charge in [-0.25, -0.2) is 0 Å². The molecular weight excluding hydrogens is 290 g/mol. The fourth-order valence-electron chi connectivity index (χ4n) is 2.48. The van der Waals surface area contributed by atoms with Crippen LogP contribution in [0.2, 0.25) is 0 Å². The predicted molar refractivity (Wildman–Crippen MR) is 91.1 cm³/mol. The molecule has 0 unspecified atom stereocenters. The fraction of sp³-hybridized carbons (Fsp3) is 0.316. The van der Waals surface area contributed by atoms with E-state index in [1.807, 2.05) is 26.0 Å². The first-order chi connectivity index (χ1) is 11.1. The summed E-state index contributed by atoms with van der Waals surface area (Å²) in [7, 11) is 0. The Morgan fingerprint density at radius 2 is 1.48 bits per heavy atom. The monoisotopic (exact) mass is 313 g/mol. The van der Waals surface area contributed by atoms with Gasteiger partial charge in [0, 0.05) is 23.3 Å². The maximum absolute atomic E-state index is 12.2. The molecule has 0 aromatic heterocycles. The van der Waals surface area contributed by atoms with Crippen LogP contribution in [0.1, 0.15) is 43.6 Å². The Morgan fingerprint density at radius 3 is 1.96 bits per heavy atom. The van der Waals surface area contributed by atoms with Crippen molar-refractivity contribution in [2.45, 2.75) is 34.1 Å². The van der Waals surface area contributed by atoms with Crippen molar-refractivity contribution in [1.29, 1.82) is 0 Å². The fourth-order valence-corrected chi connectivity index (χ4v) is 2.48. The molecule has 122 valence electrons. The molecule has 1 aliphatic heterocycles. The van der Waals surface area contributed by atoms with Gasteiger partial charge in [-0.2, -0.15) is 0 Å². The van der Waals surface area contributed by atoms with Crippen LogP contribution in [0.25, 0.3) is 0 Å². The molecule has 0 saturated carbocycles. The topological polar surface area (TPSA) is 54.5 Å². The summed E-state index contributed by atoms with van der Waals surface area (Å²) in [6, 6.07) is 7.19. The number of amides is 2. The molecule has 2 amide bonds. The molecule has 4 nitrogen and oxygen atoms in total. The second kappa shape index (κ2) is 8.83. The highest BCUT2D eigenvalue weighted by atomic mass is 16.2. The van der Waals surface area contributed by atoms with E-state index in [1.165, 1.54) is 4.90 Å². The van der Waals surface area contributed by atoms with Crippen molar-refractivity contribution in [3.05, 3.63) is 58.7 Å². The first-order valence-corrected chi connectivity index (χ1v) is 7.86. The van der Waals surface area contributed by atoms with E-state index < -0.39 is 0 Å². The standard InChI is InChI=1S/C17H17NO3.C2H6/c1-3-14-15(4-2)17(21)18(16(14)20)10-9-12-7-5-6-8-13(12)11-19;1-2/h3-8,11H,9-10H2,1-2H3;1-2H3/b14-3+,15-4+;. The molecular formula is C19H23NO3. The number of benzene rings is 1. The summed E-state index contributed by atoms with van der Waals surface area (Å²) in [5, 5.41) is 0. The van der Waals surface area contributed by atoms with Gasteiger partial charge in [0.15, 0.2) is 0 Å². The number of aldehydes is 1. The lowest BCUT2D eigenvalue weighted by Gasteiger charge is -2.13. The number of nitrogens with zero attached hydrogens (tertiary/aromatic N) is 1. The summed E-state index contributed by atoms with van der Waals surface area (Å²) < 4.78 is 0. The summed E-state index contributed by atoms with van der Waals surface area (Å²) in [5.41, 5.74) is 2.33. The summed E-state index contributed by atoms with van der Waals surface area (Å²) >= 11 is 0. The molecule has 0 bridgehead atoms. The van der Waals surface area contributed by atoms with Crippen molar-refractivity contribution in [1.82, 2.24) is 4.90 Å². The van der Waals surface area contributed by atoms with Crippen LogP contribution in [0.4, 0.5) is 0 Å². The molecule has 1 aromatic carbocycles. The molecule has 1 fully saturated rings. The molecule has 23 heavy (non-hydrogen) atoms. The van der Waals surface area contributed by atoms with E-state index in [1.54, 1.807) is 38.1 Å². The van der Waals surface area contributed by atoms with Gasteiger partial charge in [-0.05, 0) is 25.8 Å². The Hall–Kier alpha value is -2.49. The molecule has 2 rings (SSSR count). The van der Waals surface area contributed by atoms with Crippen molar-refractivity contribution in [2.24, 2.45) is 0 Å². The normalized spacial score (nSPS) is 17.5. The molecule has 1 saturated heterocycles. The van der Waals surface area contributed by atoms with E-state index in [0.29, 0.717) is 23.1 Å². The average Bonchev–Trinajstić information content (AvgIpc) is 2.84. The van der Waals surface area contributed by atoms with Gasteiger partial charge in [-0.3, -0.25) is 19.3 Å². The van der Waals surface area contributed by atoms with Crippen LogP contribution < -0.4 is 0 Å². The van der Waals surface area contributed by atoms with Crippen molar-refractivity contribution in [2.75, 3.05) is 6.54 Å². The lowest BCUT2D eigenvalue weighted by atomic mass is 10.1. The van der Waals surface area contributed by atoms with E-state index >= 15 is 0 Å². The molecule has 0 radical (unpaired) electrons. The number of allylic oxidation sites excluding steroid dienone is 2. The number of imide groups is 1. The third-order valence-electron chi connectivity index (χ3n) is 3.61. The largest absolute Gasteiger partial charge is 0.298 e. The molecule has 1 aromatic rings. The minimum atomic E-state index is -0.265. The smallest absolute Gasteiger partial charge is 0.261 e. The van der Waals surface area contributed by atoms with Crippen molar-refractivity contribution in [3.63, 3.8) is 0 Å². The number of carbonyl (C=O) groups is 3. The van der Waals surface area contributed by atoms with Gasteiger partial charge in [-0.1, -0.05) is 50.3 Å². The minimum Gasteiger partial charge on any atom is -0.298 e. The van der Waals surface area contributed by atoms with Crippen molar-refractivity contribution < 1.29 is 14.4 Å². The highest BCUT2D eigenvalue weighted by Crippen LogP contribution is 2.25. The van der Waals surface area contributed by atoms with E-state index in [2.05, 4.69) is 0 Å². The molecule has 0 atom stereocenters. The van der Waals surface area contributed by atoms with Crippen molar-refractivity contribution >= 4 is 18.1 Å². The third-order valence-corrected chi connectivity index (χ3v) is 3.61. The lowest BCUT2D eigenvalue weighted by Crippen LogP contribution is -2.31. The van der Waals surface area contributed by atoms with Crippen LogP contribution in [0.5, 0.6) is 0 Å². The third kappa shape index (κ3) is 3.83. The summed E-state index contributed by atoms with van der Waals surface area (Å²) in [5.74, 6) is -0.529. The SMILES string of the molecule is C/C=C1/C(=O)N(CCc2ccccc2C=O)C(=O)/C1=C/C.CC. The first kappa shape index (κ1) is 18.6. The zero-order valence-electron chi connectivity index (χ0n) is 14.1. The molecule has 1 aliphatic rings. The number of likely N-dealkylation sites (tertiary alicyclic amines) is 1. The van der Waals surface area contributed by atoms with Gasteiger partial charge >= 0.3 is 0 Å². The average molecular weight is 313 g/mol. The highest BCUT2D eigenvalue weighted by Gasteiger charge is 2.37. The van der Waals surface area contributed by atoms with Crippen molar-refractivity contribution in [3.8, 4) is 0 Å². The molecule has 4 heteroatoms. The van der Waals surface area contributed by atoms with E-state index in [4.69, 9.17) is 0 Å². The van der Waals surface area contributed by atoms with Crippen LogP contribution in [-0.2, 0) is 16.0 Å². The molecule has 0 spiro atoms. The number of hydrogen-bond donors (Lipinski definition) is 0. The number of rotatable bonds is 4. The second-order valence-electron chi connectivity index (χ2n) is 4.73. The second-order valence-corrected chi connectivity index (χ2v) is 4.73. The van der Waals surface area contributed by atoms with E-state index in [9.17, 15) is 14.4 Å². The Morgan fingerprint density at radius 1 is 0.957 bits per heavy atom. The number of carbonyl (C=O) groups excluding carboxylic acids is 3. The Labute approximate surface area is 137 Å². The highest BCUT2D eigenvalue weighted by molar-refractivity contribution is 6.24. The quantitative estimate of drug-likeness (QED) is 0.487. The van der Waals surface area contributed by atoms with Crippen LogP contribution in [0, 0.1) is 0 Å². The van der Waals surface area contributed by atoms with Gasteiger partial charge < -0.3 is 0 Å². The number of hydrogen-bond acceptors (Lipinski definition) is 3. The Kier molecular flexibility index (Phi) is 7.13.